The van der Waals surface area contributed by atoms with E-state index in [1.807, 2.05) is 29.4 Å². The van der Waals surface area contributed by atoms with Gasteiger partial charge in [0.05, 0.1) is 11.8 Å². The maximum Gasteiger partial charge on any atom is 0.249 e. The van der Waals surface area contributed by atoms with E-state index in [0.29, 0.717) is 17.5 Å². The standard InChI is InChI=1S/C19H29N5OS/c1-4-24-7-5-6-14(18(24)16-9-21-23(3)11-16)10-22(2)12-17-8-15(13-26-17)19(20)25/h8-9,11,13-14,18H,4-7,10,12H2,1-3H3,(H2,20,25)/t14-,18+/m0/s1. The van der Waals surface area contributed by atoms with Crippen molar-refractivity contribution in [3.63, 3.8) is 0 Å². The minimum atomic E-state index is -0.349. The average Bonchev–Trinajstić information content (AvgIpc) is 3.23. The Bertz CT molecular complexity index is 740. The molecule has 6 nitrogen and oxygen atoms in total. The Kier molecular flexibility index (Phi) is 6.11. The van der Waals surface area contributed by atoms with E-state index in [-0.39, 0.29) is 5.91 Å². The van der Waals surface area contributed by atoms with Crippen molar-refractivity contribution in [2.75, 3.05) is 26.7 Å². The quantitative estimate of drug-likeness (QED) is 0.807. The van der Waals surface area contributed by atoms with E-state index in [1.165, 1.54) is 23.3 Å². The smallest absolute Gasteiger partial charge is 0.249 e. The number of likely N-dealkylation sites (tertiary alicyclic amines) is 1. The highest BCUT2D eigenvalue weighted by atomic mass is 32.1. The van der Waals surface area contributed by atoms with Gasteiger partial charge in [-0.25, -0.2) is 0 Å². The van der Waals surface area contributed by atoms with Gasteiger partial charge in [-0.15, -0.1) is 11.3 Å². The molecule has 7 heteroatoms. The SMILES string of the molecule is CCN1CCC[C@@H](CN(C)Cc2cc(C(N)=O)cs2)[C@@H]1c1cnn(C)c1. The van der Waals surface area contributed by atoms with E-state index in [4.69, 9.17) is 5.73 Å². The van der Waals surface area contributed by atoms with Crippen molar-refractivity contribution in [1.82, 2.24) is 19.6 Å². The Morgan fingerprint density at radius 2 is 2.31 bits per heavy atom. The largest absolute Gasteiger partial charge is 0.366 e. The normalized spacial score (nSPS) is 21.4. The zero-order valence-corrected chi connectivity index (χ0v) is 16.7. The van der Waals surface area contributed by atoms with E-state index in [2.05, 4.69) is 35.1 Å². The first kappa shape index (κ1) is 19.1. The predicted octanol–water partition coefficient (Wildman–Crippen LogP) is 2.49. The first-order chi connectivity index (χ1) is 12.5. The number of piperidine rings is 1. The van der Waals surface area contributed by atoms with Crippen LogP contribution in [0, 0.1) is 5.92 Å². The lowest BCUT2D eigenvalue weighted by Crippen LogP contribution is -2.42. The molecule has 1 amide bonds. The molecule has 0 bridgehead atoms. The van der Waals surface area contributed by atoms with Crippen LogP contribution < -0.4 is 5.73 Å². The molecular weight excluding hydrogens is 346 g/mol. The second-order valence-electron chi connectivity index (χ2n) is 7.29. The highest BCUT2D eigenvalue weighted by Gasteiger charge is 2.33. The lowest BCUT2D eigenvalue weighted by Gasteiger charge is -2.42. The molecular formula is C19H29N5OS. The fourth-order valence-corrected chi connectivity index (χ4v) is 5.05. The highest BCUT2D eigenvalue weighted by molar-refractivity contribution is 7.10. The van der Waals surface area contributed by atoms with Gasteiger partial charge in [0, 0.05) is 48.2 Å². The molecule has 26 heavy (non-hydrogen) atoms. The molecule has 0 unspecified atom stereocenters. The molecule has 3 rings (SSSR count). The van der Waals surface area contributed by atoms with Gasteiger partial charge in [-0.3, -0.25) is 14.4 Å². The van der Waals surface area contributed by atoms with Gasteiger partial charge in [-0.05, 0) is 45.0 Å². The summed E-state index contributed by atoms with van der Waals surface area (Å²) in [6, 6.07) is 2.34. The number of amides is 1. The summed E-state index contributed by atoms with van der Waals surface area (Å²) in [6.07, 6.45) is 6.65. The molecule has 142 valence electrons. The number of hydrogen-bond acceptors (Lipinski definition) is 5. The van der Waals surface area contributed by atoms with Crippen LogP contribution in [0.25, 0.3) is 0 Å². The van der Waals surface area contributed by atoms with Crippen LogP contribution in [0.4, 0.5) is 0 Å². The Labute approximate surface area is 159 Å². The molecule has 0 spiro atoms. The molecule has 3 heterocycles. The molecule has 0 aliphatic carbocycles. The third kappa shape index (κ3) is 4.34. The number of thiophene rings is 1. The molecule has 0 saturated carbocycles. The summed E-state index contributed by atoms with van der Waals surface area (Å²) in [5, 5.41) is 6.25. The second kappa shape index (κ2) is 8.33. The summed E-state index contributed by atoms with van der Waals surface area (Å²) in [4.78, 5) is 17.4. The molecule has 0 radical (unpaired) electrons. The van der Waals surface area contributed by atoms with Gasteiger partial charge in [0.2, 0.25) is 5.91 Å². The van der Waals surface area contributed by atoms with Crippen LogP contribution in [-0.4, -0.2) is 52.2 Å². The molecule has 2 aromatic heterocycles. The fourth-order valence-electron chi connectivity index (χ4n) is 4.10. The summed E-state index contributed by atoms with van der Waals surface area (Å²) in [7, 11) is 4.14. The third-order valence-corrected chi connectivity index (χ3v) is 6.16. The zero-order valence-electron chi connectivity index (χ0n) is 15.9. The Hall–Kier alpha value is -1.70. The number of nitrogens with zero attached hydrogens (tertiary/aromatic N) is 4. The number of carbonyl (C=O) groups is 1. The van der Waals surface area contributed by atoms with Gasteiger partial charge in [-0.2, -0.15) is 5.10 Å². The molecule has 0 aromatic carbocycles. The van der Waals surface area contributed by atoms with Crippen LogP contribution in [0.15, 0.2) is 23.8 Å². The van der Waals surface area contributed by atoms with Gasteiger partial charge in [0.15, 0.2) is 0 Å². The van der Waals surface area contributed by atoms with Gasteiger partial charge in [0.25, 0.3) is 0 Å². The number of hydrogen-bond donors (Lipinski definition) is 1. The summed E-state index contributed by atoms with van der Waals surface area (Å²) >= 11 is 1.61. The second-order valence-corrected chi connectivity index (χ2v) is 8.28. The van der Waals surface area contributed by atoms with Gasteiger partial charge in [-0.1, -0.05) is 6.92 Å². The lowest BCUT2D eigenvalue weighted by atomic mass is 9.85. The number of aryl methyl sites for hydroxylation is 1. The van der Waals surface area contributed by atoms with Crippen molar-refractivity contribution in [3.05, 3.63) is 39.8 Å². The molecule has 2 aromatic rings. The Balaban J connectivity index is 1.69. The van der Waals surface area contributed by atoms with Crippen molar-refractivity contribution in [3.8, 4) is 0 Å². The number of rotatable bonds is 7. The minimum absolute atomic E-state index is 0.349. The van der Waals surface area contributed by atoms with Crippen LogP contribution in [-0.2, 0) is 13.6 Å². The van der Waals surface area contributed by atoms with Crippen LogP contribution in [0.3, 0.4) is 0 Å². The molecule has 1 aliphatic rings. The number of nitrogens with two attached hydrogens (primary N) is 1. The molecule has 2 atom stereocenters. The van der Waals surface area contributed by atoms with Crippen LogP contribution >= 0.6 is 11.3 Å². The van der Waals surface area contributed by atoms with Gasteiger partial charge >= 0.3 is 0 Å². The fraction of sp³-hybridized carbons (Fsp3) is 0.579. The number of aromatic nitrogens is 2. The van der Waals surface area contributed by atoms with E-state index < -0.39 is 0 Å². The molecule has 1 aliphatic heterocycles. The summed E-state index contributed by atoms with van der Waals surface area (Å²) in [6.45, 7) is 6.34. The van der Waals surface area contributed by atoms with Gasteiger partial charge in [0.1, 0.15) is 0 Å². The van der Waals surface area contributed by atoms with Crippen LogP contribution in [0.1, 0.15) is 46.6 Å². The molecule has 2 N–H and O–H groups in total. The summed E-state index contributed by atoms with van der Waals surface area (Å²) in [5.41, 5.74) is 7.29. The zero-order chi connectivity index (χ0) is 18.7. The van der Waals surface area contributed by atoms with Crippen LogP contribution in [0.2, 0.25) is 0 Å². The van der Waals surface area contributed by atoms with E-state index in [9.17, 15) is 4.79 Å². The van der Waals surface area contributed by atoms with Gasteiger partial charge < -0.3 is 10.6 Å². The predicted molar refractivity (Wildman–Crippen MR) is 105 cm³/mol. The lowest BCUT2D eigenvalue weighted by molar-refractivity contribution is 0.0751. The van der Waals surface area contributed by atoms with Crippen molar-refractivity contribution in [1.29, 1.82) is 0 Å². The number of primary amides is 1. The summed E-state index contributed by atoms with van der Waals surface area (Å²) < 4.78 is 1.90. The first-order valence-electron chi connectivity index (χ1n) is 9.26. The molecule has 1 saturated heterocycles. The number of carbonyl (C=O) groups excluding carboxylic acids is 1. The summed E-state index contributed by atoms with van der Waals surface area (Å²) in [5.74, 6) is 0.228. The Morgan fingerprint density at radius 1 is 1.50 bits per heavy atom. The monoisotopic (exact) mass is 375 g/mol. The van der Waals surface area contributed by atoms with E-state index >= 15 is 0 Å². The van der Waals surface area contributed by atoms with Crippen molar-refractivity contribution >= 4 is 17.2 Å². The van der Waals surface area contributed by atoms with E-state index in [0.717, 1.165) is 26.2 Å². The maximum atomic E-state index is 11.3. The maximum absolute atomic E-state index is 11.3. The van der Waals surface area contributed by atoms with Crippen molar-refractivity contribution < 1.29 is 4.79 Å². The highest BCUT2D eigenvalue weighted by Crippen LogP contribution is 2.36. The van der Waals surface area contributed by atoms with Crippen LogP contribution in [0.5, 0.6) is 0 Å². The van der Waals surface area contributed by atoms with Crippen molar-refractivity contribution in [2.45, 2.75) is 32.4 Å². The topological polar surface area (TPSA) is 67.4 Å². The first-order valence-corrected chi connectivity index (χ1v) is 10.1. The van der Waals surface area contributed by atoms with Crippen molar-refractivity contribution in [2.24, 2.45) is 18.7 Å². The Morgan fingerprint density at radius 3 is 2.92 bits per heavy atom. The third-order valence-electron chi connectivity index (χ3n) is 5.24. The average molecular weight is 376 g/mol. The molecule has 1 fully saturated rings. The minimum Gasteiger partial charge on any atom is -0.366 e. The van der Waals surface area contributed by atoms with E-state index in [1.54, 1.807) is 11.3 Å².